The Morgan fingerprint density at radius 3 is 2.86 bits per heavy atom. The average molecular weight is 195 g/mol. The van der Waals surface area contributed by atoms with E-state index in [1.807, 2.05) is 25.2 Å². The fraction of sp³-hybridized carbons (Fsp3) is 0.455. The minimum Gasteiger partial charge on any atom is -0.497 e. The summed E-state index contributed by atoms with van der Waals surface area (Å²) < 4.78 is 5.13. The van der Waals surface area contributed by atoms with Crippen molar-refractivity contribution in [3.8, 4) is 5.75 Å². The van der Waals surface area contributed by atoms with Gasteiger partial charge in [-0.15, -0.1) is 0 Å². The van der Waals surface area contributed by atoms with Crippen molar-refractivity contribution < 1.29 is 9.84 Å². The van der Waals surface area contributed by atoms with E-state index in [9.17, 15) is 0 Å². The third kappa shape index (κ3) is 3.36. The topological polar surface area (TPSA) is 32.7 Å². The van der Waals surface area contributed by atoms with Crippen molar-refractivity contribution in [2.75, 3.05) is 27.3 Å². The first-order chi connectivity index (χ1) is 6.76. The van der Waals surface area contributed by atoms with E-state index >= 15 is 0 Å². The first-order valence-electron chi connectivity index (χ1n) is 4.68. The summed E-state index contributed by atoms with van der Waals surface area (Å²) in [6.07, 6.45) is 0. The van der Waals surface area contributed by atoms with Gasteiger partial charge in [0.15, 0.2) is 0 Å². The molecule has 0 aliphatic heterocycles. The van der Waals surface area contributed by atoms with Gasteiger partial charge >= 0.3 is 0 Å². The molecule has 0 fully saturated rings. The van der Waals surface area contributed by atoms with Gasteiger partial charge in [0.25, 0.3) is 0 Å². The highest BCUT2D eigenvalue weighted by atomic mass is 16.5. The molecule has 0 aliphatic rings. The molecular formula is C11H17NO2. The molecule has 0 heterocycles. The van der Waals surface area contributed by atoms with Gasteiger partial charge < -0.3 is 9.84 Å². The highest BCUT2D eigenvalue weighted by Gasteiger charge is 2.00. The molecule has 1 N–H and O–H groups in total. The minimum atomic E-state index is 0.195. The number of rotatable bonds is 5. The van der Waals surface area contributed by atoms with E-state index in [2.05, 4.69) is 11.0 Å². The van der Waals surface area contributed by atoms with Crippen LogP contribution in [0, 0.1) is 0 Å². The lowest BCUT2D eigenvalue weighted by atomic mass is 10.2. The van der Waals surface area contributed by atoms with Gasteiger partial charge in [-0.3, -0.25) is 4.90 Å². The average Bonchev–Trinajstić information content (AvgIpc) is 2.18. The first-order valence-corrected chi connectivity index (χ1v) is 4.68. The van der Waals surface area contributed by atoms with Gasteiger partial charge in [-0.25, -0.2) is 0 Å². The summed E-state index contributed by atoms with van der Waals surface area (Å²) in [5.74, 6) is 0.875. The van der Waals surface area contributed by atoms with Crippen molar-refractivity contribution in [1.82, 2.24) is 4.90 Å². The number of nitrogens with zero attached hydrogens (tertiary/aromatic N) is 1. The zero-order chi connectivity index (χ0) is 10.4. The summed E-state index contributed by atoms with van der Waals surface area (Å²) in [4.78, 5) is 2.06. The molecule has 0 unspecified atom stereocenters. The number of aliphatic hydroxyl groups excluding tert-OH is 1. The molecule has 0 bridgehead atoms. The number of benzene rings is 1. The van der Waals surface area contributed by atoms with E-state index in [1.54, 1.807) is 7.11 Å². The van der Waals surface area contributed by atoms with Crippen molar-refractivity contribution in [2.24, 2.45) is 0 Å². The number of ether oxygens (including phenoxy) is 1. The van der Waals surface area contributed by atoms with E-state index < -0.39 is 0 Å². The summed E-state index contributed by atoms with van der Waals surface area (Å²) in [6, 6.07) is 7.96. The fourth-order valence-electron chi connectivity index (χ4n) is 1.33. The number of methoxy groups -OCH3 is 1. The highest BCUT2D eigenvalue weighted by molar-refractivity contribution is 5.28. The summed E-state index contributed by atoms with van der Waals surface area (Å²) in [7, 11) is 3.65. The van der Waals surface area contributed by atoms with Crippen LogP contribution in [0.25, 0.3) is 0 Å². The number of hydrogen-bond donors (Lipinski definition) is 1. The Morgan fingerprint density at radius 2 is 2.21 bits per heavy atom. The van der Waals surface area contributed by atoms with Gasteiger partial charge in [0, 0.05) is 13.1 Å². The van der Waals surface area contributed by atoms with Crippen LogP contribution in [0.1, 0.15) is 5.56 Å². The zero-order valence-corrected chi connectivity index (χ0v) is 8.73. The second-order valence-electron chi connectivity index (χ2n) is 3.31. The molecule has 0 amide bonds. The molecule has 14 heavy (non-hydrogen) atoms. The summed E-state index contributed by atoms with van der Waals surface area (Å²) >= 11 is 0. The molecule has 3 heteroatoms. The van der Waals surface area contributed by atoms with E-state index in [1.165, 1.54) is 5.56 Å². The van der Waals surface area contributed by atoms with Crippen molar-refractivity contribution in [2.45, 2.75) is 6.54 Å². The smallest absolute Gasteiger partial charge is 0.119 e. The Kier molecular flexibility index (Phi) is 4.43. The summed E-state index contributed by atoms with van der Waals surface area (Å²) in [5, 5.41) is 8.75. The predicted molar refractivity (Wildman–Crippen MR) is 56.4 cm³/mol. The Labute approximate surface area is 84.9 Å². The van der Waals surface area contributed by atoms with Crippen molar-refractivity contribution in [1.29, 1.82) is 0 Å². The van der Waals surface area contributed by atoms with E-state index in [0.717, 1.165) is 12.3 Å². The fourth-order valence-corrected chi connectivity index (χ4v) is 1.33. The highest BCUT2D eigenvalue weighted by Crippen LogP contribution is 2.13. The van der Waals surface area contributed by atoms with Crippen molar-refractivity contribution >= 4 is 0 Å². The van der Waals surface area contributed by atoms with Crippen molar-refractivity contribution in [3.05, 3.63) is 29.8 Å². The Morgan fingerprint density at radius 1 is 1.43 bits per heavy atom. The molecule has 78 valence electrons. The Bertz CT molecular complexity index is 276. The van der Waals surface area contributed by atoms with Gasteiger partial charge in [-0.2, -0.15) is 0 Å². The lowest BCUT2D eigenvalue weighted by Crippen LogP contribution is -2.21. The number of likely N-dealkylation sites (N-methyl/N-ethyl adjacent to an activating group) is 1. The van der Waals surface area contributed by atoms with Crippen LogP contribution in [0.2, 0.25) is 0 Å². The molecule has 0 saturated heterocycles. The van der Waals surface area contributed by atoms with Crippen LogP contribution in [-0.4, -0.2) is 37.3 Å². The predicted octanol–water partition coefficient (Wildman–Crippen LogP) is 1.12. The number of aliphatic hydroxyl groups is 1. The van der Waals surface area contributed by atoms with Crippen LogP contribution in [0.5, 0.6) is 5.75 Å². The lowest BCUT2D eigenvalue weighted by Gasteiger charge is -2.15. The largest absolute Gasteiger partial charge is 0.497 e. The molecule has 0 atom stereocenters. The Balaban J connectivity index is 2.57. The molecule has 0 saturated carbocycles. The van der Waals surface area contributed by atoms with E-state index in [0.29, 0.717) is 6.54 Å². The quantitative estimate of drug-likeness (QED) is 0.764. The van der Waals surface area contributed by atoms with Gasteiger partial charge in [0.1, 0.15) is 5.75 Å². The van der Waals surface area contributed by atoms with E-state index in [-0.39, 0.29) is 6.61 Å². The molecule has 1 rings (SSSR count). The zero-order valence-electron chi connectivity index (χ0n) is 8.73. The molecule has 0 aliphatic carbocycles. The van der Waals surface area contributed by atoms with E-state index in [4.69, 9.17) is 9.84 Å². The molecule has 1 aromatic rings. The van der Waals surface area contributed by atoms with Gasteiger partial charge in [-0.1, -0.05) is 12.1 Å². The second kappa shape index (κ2) is 5.62. The standard InChI is InChI=1S/C11H17NO2/c1-12(6-7-13)9-10-4-3-5-11(8-10)14-2/h3-5,8,13H,6-7,9H2,1-2H3. The third-order valence-corrected chi connectivity index (χ3v) is 2.07. The van der Waals surface area contributed by atoms with Gasteiger partial charge in [-0.05, 0) is 24.7 Å². The SMILES string of the molecule is COc1cccc(CN(C)CCO)c1. The maximum Gasteiger partial charge on any atom is 0.119 e. The normalized spacial score (nSPS) is 10.6. The van der Waals surface area contributed by atoms with Crippen LogP contribution in [0.4, 0.5) is 0 Å². The molecule has 3 nitrogen and oxygen atoms in total. The third-order valence-electron chi connectivity index (χ3n) is 2.07. The van der Waals surface area contributed by atoms with Crippen LogP contribution in [-0.2, 0) is 6.54 Å². The number of hydrogen-bond acceptors (Lipinski definition) is 3. The summed E-state index contributed by atoms with van der Waals surface area (Å²) in [5.41, 5.74) is 1.19. The minimum absolute atomic E-state index is 0.195. The Hall–Kier alpha value is -1.06. The molecule has 1 aromatic carbocycles. The second-order valence-corrected chi connectivity index (χ2v) is 3.31. The van der Waals surface area contributed by atoms with Crippen molar-refractivity contribution in [3.63, 3.8) is 0 Å². The molecular weight excluding hydrogens is 178 g/mol. The molecule has 0 aromatic heterocycles. The molecule has 0 radical (unpaired) electrons. The maximum atomic E-state index is 8.75. The van der Waals surface area contributed by atoms with Crippen LogP contribution >= 0.6 is 0 Å². The van der Waals surface area contributed by atoms with Crippen LogP contribution in [0.3, 0.4) is 0 Å². The molecule has 0 spiro atoms. The first kappa shape index (κ1) is 11.0. The van der Waals surface area contributed by atoms with Gasteiger partial charge in [0.05, 0.1) is 13.7 Å². The van der Waals surface area contributed by atoms with Crippen LogP contribution in [0.15, 0.2) is 24.3 Å². The maximum absolute atomic E-state index is 8.75. The summed E-state index contributed by atoms with van der Waals surface area (Å²) in [6.45, 7) is 1.72. The van der Waals surface area contributed by atoms with Gasteiger partial charge in [0.2, 0.25) is 0 Å². The lowest BCUT2D eigenvalue weighted by molar-refractivity contribution is 0.217. The monoisotopic (exact) mass is 195 g/mol. The van der Waals surface area contributed by atoms with Crippen LogP contribution < -0.4 is 4.74 Å².